The largest absolute Gasteiger partial charge is 0.463 e. The molecule has 0 aliphatic carbocycles. The third-order valence-electron chi connectivity index (χ3n) is 3.31. The first kappa shape index (κ1) is 22.8. The Hall–Kier alpha value is -1.22. The molecule has 0 saturated carbocycles. The zero-order valence-corrected chi connectivity index (χ0v) is 14.1. The smallest absolute Gasteiger partial charge is 0.305 e. The van der Waals surface area contributed by atoms with Crippen LogP contribution in [0.2, 0.25) is 0 Å². The van der Waals surface area contributed by atoms with E-state index in [0.717, 1.165) is 25.7 Å². The predicted octanol–water partition coefficient (Wildman–Crippen LogP) is -0.1000. The number of unbranched alkanes of at least 4 members (excludes halogenated alkanes) is 5. The van der Waals surface area contributed by atoms with Crippen LogP contribution in [0.5, 0.6) is 0 Å². The minimum Gasteiger partial charge on any atom is -0.463 e. The van der Waals surface area contributed by atoms with Gasteiger partial charge in [-0.05, 0) is 12.8 Å². The molecule has 0 amide bonds. The minimum atomic E-state index is -1.02. The summed E-state index contributed by atoms with van der Waals surface area (Å²) in [6, 6.07) is 0. The molecule has 0 spiro atoms. The lowest BCUT2D eigenvalue weighted by Crippen LogP contribution is -2.21. The van der Waals surface area contributed by atoms with E-state index in [1.165, 1.54) is 0 Å². The molecule has 0 heterocycles. The Bertz CT molecular complexity index is 302. The van der Waals surface area contributed by atoms with Gasteiger partial charge in [0, 0.05) is 12.8 Å². The lowest BCUT2D eigenvalue weighted by atomic mass is 10.1. The zero-order valence-electron chi connectivity index (χ0n) is 14.1. The van der Waals surface area contributed by atoms with Gasteiger partial charge in [-0.1, -0.05) is 25.7 Å². The summed E-state index contributed by atoms with van der Waals surface area (Å²) < 4.78 is 9.56. The summed E-state index contributed by atoms with van der Waals surface area (Å²) in [4.78, 5) is 22.6. The van der Waals surface area contributed by atoms with Gasteiger partial charge in [0.15, 0.2) is 0 Å². The minimum absolute atomic E-state index is 0.180. The van der Waals surface area contributed by atoms with Crippen LogP contribution in [0.15, 0.2) is 0 Å². The molecule has 0 aromatic rings. The quantitative estimate of drug-likeness (QED) is 0.238. The van der Waals surface area contributed by atoms with Gasteiger partial charge in [-0.25, -0.2) is 0 Å². The van der Waals surface area contributed by atoms with Crippen LogP contribution in [0, 0.1) is 0 Å². The van der Waals surface area contributed by atoms with Crippen molar-refractivity contribution in [2.24, 2.45) is 0 Å². The highest BCUT2D eigenvalue weighted by Gasteiger charge is 2.08. The highest BCUT2D eigenvalue weighted by molar-refractivity contribution is 5.69. The molecule has 2 unspecified atom stereocenters. The van der Waals surface area contributed by atoms with E-state index in [0.29, 0.717) is 12.8 Å². The second kappa shape index (κ2) is 15.3. The van der Waals surface area contributed by atoms with Gasteiger partial charge in [-0.2, -0.15) is 0 Å². The number of esters is 2. The number of rotatable bonds is 15. The summed E-state index contributed by atoms with van der Waals surface area (Å²) in [5, 5.41) is 35.2. The second-order valence-corrected chi connectivity index (χ2v) is 5.66. The van der Waals surface area contributed by atoms with E-state index < -0.39 is 25.4 Å². The van der Waals surface area contributed by atoms with Crippen molar-refractivity contribution >= 4 is 11.9 Å². The van der Waals surface area contributed by atoms with Gasteiger partial charge < -0.3 is 29.9 Å². The Morgan fingerprint density at radius 3 is 1.33 bits per heavy atom. The molecule has 0 radical (unpaired) electrons. The lowest BCUT2D eigenvalue weighted by molar-refractivity contribution is -0.148. The molecule has 0 aliphatic rings. The van der Waals surface area contributed by atoms with E-state index in [1.807, 2.05) is 0 Å². The number of aliphatic hydroxyl groups excluding tert-OH is 4. The van der Waals surface area contributed by atoms with E-state index in [-0.39, 0.29) is 38.0 Å². The highest BCUT2D eigenvalue weighted by atomic mass is 16.5. The topological polar surface area (TPSA) is 134 Å². The fourth-order valence-electron chi connectivity index (χ4n) is 1.87. The maximum absolute atomic E-state index is 11.3. The molecule has 0 aromatic heterocycles. The van der Waals surface area contributed by atoms with Crippen molar-refractivity contribution in [1.82, 2.24) is 0 Å². The molecule has 24 heavy (non-hydrogen) atoms. The number of aliphatic hydroxyl groups is 4. The van der Waals surface area contributed by atoms with Gasteiger partial charge in [-0.3, -0.25) is 9.59 Å². The van der Waals surface area contributed by atoms with Crippen LogP contribution in [0.1, 0.15) is 51.4 Å². The van der Waals surface area contributed by atoms with Gasteiger partial charge >= 0.3 is 11.9 Å². The zero-order chi connectivity index (χ0) is 18.2. The van der Waals surface area contributed by atoms with Crippen molar-refractivity contribution in [1.29, 1.82) is 0 Å². The van der Waals surface area contributed by atoms with Crippen molar-refractivity contribution in [2.75, 3.05) is 26.4 Å². The molecule has 8 nitrogen and oxygen atoms in total. The summed E-state index contributed by atoms with van der Waals surface area (Å²) in [6.07, 6.45) is 3.60. The van der Waals surface area contributed by atoms with E-state index in [2.05, 4.69) is 0 Å². The van der Waals surface area contributed by atoms with Gasteiger partial charge in [0.25, 0.3) is 0 Å². The molecule has 0 fully saturated rings. The van der Waals surface area contributed by atoms with E-state index in [1.54, 1.807) is 0 Å². The predicted molar refractivity (Wildman–Crippen MR) is 85.0 cm³/mol. The van der Waals surface area contributed by atoms with Crippen LogP contribution in [0.3, 0.4) is 0 Å². The van der Waals surface area contributed by atoms with Gasteiger partial charge in [0.1, 0.15) is 25.4 Å². The molecule has 142 valence electrons. The Morgan fingerprint density at radius 2 is 1.00 bits per heavy atom. The Labute approximate surface area is 142 Å². The monoisotopic (exact) mass is 350 g/mol. The number of ether oxygens (including phenoxy) is 2. The first-order valence-electron chi connectivity index (χ1n) is 8.38. The molecule has 0 saturated heterocycles. The normalized spacial score (nSPS) is 13.3. The Balaban J connectivity index is 3.36. The van der Waals surface area contributed by atoms with E-state index in [4.69, 9.17) is 29.9 Å². The van der Waals surface area contributed by atoms with E-state index >= 15 is 0 Å². The number of carbonyl (C=O) groups excluding carboxylic acids is 2. The van der Waals surface area contributed by atoms with Gasteiger partial charge in [-0.15, -0.1) is 0 Å². The van der Waals surface area contributed by atoms with E-state index in [9.17, 15) is 9.59 Å². The Kier molecular flexibility index (Phi) is 14.5. The molecule has 0 aromatic carbocycles. The van der Waals surface area contributed by atoms with Crippen molar-refractivity contribution in [3.05, 3.63) is 0 Å². The maximum atomic E-state index is 11.3. The van der Waals surface area contributed by atoms with Crippen LogP contribution in [-0.2, 0) is 19.1 Å². The van der Waals surface area contributed by atoms with Gasteiger partial charge in [0.05, 0.1) is 13.2 Å². The van der Waals surface area contributed by atoms with Crippen LogP contribution >= 0.6 is 0 Å². The van der Waals surface area contributed by atoms with Gasteiger partial charge in [0.2, 0.25) is 0 Å². The molecular formula is C16H30O8. The first-order valence-corrected chi connectivity index (χ1v) is 8.38. The third-order valence-corrected chi connectivity index (χ3v) is 3.31. The summed E-state index contributed by atoms with van der Waals surface area (Å²) in [7, 11) is 0. The van der Waals surface area contributed by atoms with Crippen LogP contribution in [0.25, 0.3) is 0 Å². The van der Waals surface area contributed by atoms with Crippen molar-refractivity contribution in [3.8, 4) is 0 Å². The fraction of sp³-hybridized carbons (Fsp3) is 0.875. The lowest BCUT2D eigenvalue weighted by Gasteiger charge is -2.08. The number of carbonyl (C=O) groups is 2. The molecule has 0 bridgehead atoms. The summed E-state index contributed by atoms with van der Waals surface area (Å²) in [6.45, 7) is -1.22. The fourth-order valence-corrected chi connectivity index (χ4v) is 1.87. The van der Waals surface area contributed by atoms with Crippen LogP contribution < -0.4 is 0 Å². The summed E-state index contributed by atoms with van der Waals surface area (Å²) in [5.41, 5.74) is 0. The molecule has 8 heteroatoms. The average molecular weight is 350 g/mol. The molecular weight excluding hydrogens is 320 g/mol. The SMILES string of the molecule is O=C(CCCCCCCCC(=O)OCC(O)CO)OCC(O)CO. The number of hydrogen-bond acceptors (Lipinski definition) is 8. The third kappa shape index (κ3) is 14.4. The van der Waals surface area contributed by atoms with Crippen molar-refractivity contribution in [2.45, 2.75) is 63.6 Å². The summed E-state index contributed by atoms with van der Waals surface area (Å²) >= 11 is 0. The maximum Gasteiger partial charge on any atom is 0.305 e. The average Bonchev–Trinajstić information content (AvgIpc) is 2.59. The second-order valence-electron chi connectivity index (χ2n) is 5.66. The molecule has 4 N–H and O–H groups in total. The Morgan fingerprint density at radius 1 is 0.667 bits per heavy atom. The highest BCUT2D eigenvalue weighted by Crippen LogP contribution is 2.09. The van der Waals surface area contributed by atoms with Crippen LogP contribution in [0.4, 0.5) is 0 Å². The first-order chi connectivity index (χ1) is 11.5. The van der Waals surface area contributed by atoms with Crippen molar-refractivity contribution < 1.29 is 39.5 Å². The molecule has 0 rings (SSSR count). The summed E-state index contributed by atoms with van der Waals surface area (Å²) in [5.74, 6) is -0.759. The molecule has 0 aliphatic heterocycles. The van der Waals surface area contributed by atoms with Crippen molar-refractivity contribution in [3.63, 3.8) is 0 Å². The standard InChI is InChI=1S/C16H30O8/c17-9-13(19)11-23-15(21)7-5-3-1-2-4-6-8-16(22)24-12-14(20)10-18/h13-14,17-20H,1-12H2. The number of hydrogen-bond donors (Lipinski definition) is 4. The van der Waals surface area contributed by atoms with Crippen LogP contribution in [-0.4, -0.2) is 71.0 Å². The molecule has 2 atom stereocenters.